The molecule has 0 radical (unpaired) electrons. The predicted molar refractivity (Wildman–Crippen MR) is 118 cm³/mol. The van der Waals surface area contributed by atoms with Gasteiger partial charge < -0.3 is 14.5 Å². The van der Waals surface area contributed by atoms with Crippen molar-refractivity contribution in [3.63, 3.8) is 0 Å². The van der Waals surface area contributed by atoms with Crippen LogP contribution in [0.4, 0.5) is 4.39 Å². The highest BCUT2D eigenvalue weighted by atomic mass is 19.1. The molecule has 4 rings (SSSR count). The molecule has 1 aliphatic rings. The number of halogens is 1. The van der Waals surface area contributed by atoms with Crippen LogP contribution in [0.3, 0.4) is 0 Å². The number of hydrogen-bond donors (Lipinski definition) is 1. The molecule has 0 unspecified atom stereocenters. The molecule has 0 bridgehead atoms. The average Bonchev–Trinajstić information content (AvgIpc) is 2.82. The molecule has 4 nitrogen and oxygen atoms in total. The monoisotopic (exact) mass is 419 g/mol. The minimum Gasteiger partial charge on any atom is -0.481 e. The summed E-state index contributed by atoms with van der Waals surface area (Å²) in [5.74, 6) is 0.149. The molecule has 3 aromatic rings. The summed E-state index contributed by atoms with van der Waals surface area (Å²) in [6, 6.07) is 27.1. The van der Waals surface area contributed by atoms with E-state index in [2.05, 4.69) is 48.5 Å². The highest BCUT2D eigenvalue weighted by Crippen LogP contribution is 2.19. The lowest BCUT2D eigenvalue weighted by molar-refractivity contribution is -0.929. The predicted octanol–water partition coefficient (Wildman–Crippen LogP) is 3.11. The number of rotatable bonds is 6. The van der Waals surface area contributed by atoms with E-state index >= 15 is 0 Å². The molecule has 0 aliphatic carbocycles. The van der Waals surface area contributed by atoms with E-state index < -0.39 is 6.10 Å². The second-order valence-corrected chi connectivity index (χ2v) is 7.95. The van der Waals surface area contributed by atoms with Gasteiger partial charge in [0, 0.05) is 11.1 Å². The molecular formula is C26H28FN2O2+. The Morgan fingerprint density at radius 1 is 0.871 bits per heavy atom. The van der Waals surface area contributed by atoms with Crippen LogP contribution in [0.2, 0.25) is 0 Å². The number of carbonyl (C=O) groups excluding carboxylic acids is 1. The van der Waals surface area contributed by atoms with Gasteiger partial charge in [-0.15, -0.1) is 0 Å². The minimum absolute atomic E-state index is 0.0284. The first-order chi connectivity index (χ1) is 15.1. The SMILES string of the molecule is C[C@@H](Oc1ccc(F)cc1)C(=O)N1CC[NH+](C(c2ccccc2)c2ccccc2)CC1. The zero-order chi connectivity index (χ0) is 21.6. The number of amides is 1. The van der Waals surface area contributed by atoms with Crippen molar-refractivity contribution in [2.75, 3.05) is 26.2 Å². The van der Waals surface area contributed by atoms with Gasteiger partial charge in [-0.25, -0.2) is 4.39 Å². The molecule has 1 fully saturated rings. The van der Waals surface area contributed by atoms with Crippen LogP contribution in [0.15, 0.2) is 84.9 Å². The van der Waals surface area contributed by atoms with Gasteiger partial charge in [-0.2, -0.15) is 0 Å². The Morgan fingerprint density at radius 3 is 1.90 bits per heavy atom. The van der Waals surface area contributed by atoms with Gasteiger partial charge in [-0.05, 0) is 31.2 Å². The third-order valence-electron chi connectivity index (χ3n) is 5.87. The Bertz CT molecular complexity index is 932. The number of quaternary nitrogens is 1. The molecule has 3 aromatic carbocycles. The molecule has 1 N–H and O–H groups in total. The van der Waals surface area contributed by atoms with E-state index in [1.165, 1.54) is 28.2 Å². The van der Waals surface area contributed by atoms with E-state index in [-0.39, 0.29) is 17.8 Å². The van der Waals surface area contributed by atoms with Crippen molar-refractivity contribution in [1.82, 2.24) is 4.90 Å². The summed E-state index contributed by atoms with van der Waals surface area (Å²) in [7, 11) is 0. The quantitative estimate of drug-likeness (QED) is 0.666. The van der Waals surface area contributed by atoms with E-state index in [0.717, 1.165) is 13.1 Å². The fourth-order valence-electron chi connectivity index (χ4n) is 4.28. The second-order valence-electron chi connectivity index (χ2n) is 7.95. The van der Waals surface area contributed by atoms with Crippen molar-refractivity contribution in [3.05, 3.63) is 102 Å². The van der Waals surface area contributed by atoms with E-state index in [4.69, 9.17) is 4.74 Å². The Kier molecular flexibility index (Phi) is 6.63. The molecule has 0 saturated carbocycles. The van der Waals surface area contributed by atoms with Crippen molar-refractivity contribution in [3.8, 4) is 5.75 Å². The summed E-state index contributed by atoms with van der Waals surface area (Å²) in [5, 5.41) is 0. The Balaban J connectivity index is 1.41. The first-order valence-corrected chi connectivity index (χ1v) is 10.8. The van der Waals surface area contributed by atoms with Gasteiger partial charge in [0.25, 0.3) is 5.91 Å². The maximum atomic E-state index is 13.1. The van der Waals surface area contributed by atoms with Crippen molar-refractivity contribution < 1.29 is 18.8 Å². The fraction of sp³-hybridized carbons (Fsp3) is 0.269. The zero-order valence-corrected chi connectivity index (χ0v) is 17.7. The van der Waals surface area contributed by atoms with Gasteiger partial charge in [-0.1, -0.05) is 60.7 Å². The van der Waals surface area contributed by atoms with Gasteiger partial charge in [0.1, 0.15) is 17.6 Å². The molecule has 1 aliphatic heterocycles. The Morgan fingerprint density at radius 2 is 1.39 bits per heavy atom. The summed E-state index contributed by atoms with van der Waals surface area (Å²) in [4.78, 5) is 16.2. The number of ether oxygens (including phenoxy) is 1. The van der Waals surface area contributed by atoms with Crippen molar-refractivity contribution in [2.24, 2.45) is 0 Å². The van der Waals surface area contributed by atoms with Gasteiger partial charge in [0.2, 0.25) is 0 Å². The van der Waals surface area contributed by atoms with E-state index in [0.29, 0.717) is 18.8 Å². The fourth-order valence-corrected chi connectivity index (χ4v) is 4.28. The maximum Gasteiger partial charge on any atom is 0.263 e. The second kappa shape index (κ2) is 9.75. The number of nitrogens with one attached hydrogen (secondary N) is 1. The standard InChI is InChI=1S/C26H27FN2O2/c1-20(31-24-14-12-23(27)13-15-24)26(30)29-18-16-28(17-19-29)25(21-8-4-2-5-9-21)22-10-6-3-7-11-22/h2-15,20,25H,16-19H2,1H3/p+1/t20-/m1/s1. The molecule has 1 saturated heterocycles. The summed E-state index contributed by atoms with van der Waals surface area (Å²) in [6.07, 6.45) is -0.606. The largest absolute Gasteiger partial charge is 0.481 e. The smallest absolute Gasteiger partial charge is 0.263 e. The lowest BCUT2D eigenvalue weighted by atomic mass is 9.96. The molecule has 1 atom stereocenters. The average molecular weight is 420 g/mol. The van der Waals surface area contributed by atoms with Crippen molar-refractivity contribution in [1.29, 1.82) is 0 Å². The molecule has 1 heterocycles. The first kappa shape index (κ1) is 21.1. The topological polar surface area (TPSA) is 34.0 Å². The number of carbonyl (C=O) groups is 1. The number of nitrogens with zero attached hydrogens (tertiary/aromatic N) is 1. The Hall–Kier alpha value is -3.18. The van der Waals surface area contributed by atoms with Crippen LogP contribution in [0.1, 0.15) is 24.1 Å². The molecule has 5 heteroatoms. The molecule has 31 heavy (non-hydrogen) atoms. The van der Waals surface area contributed by atoms with Crippen LogP contribution in [0, 0.1) is 5.82 Å². The summed E-state index contributed by atoms with van der Waals surface area (Å²) < 4.78 is 18.8. The van der Waals surface area contributed by atoms with Gasteiger partial charge >= 0.3 is 0 Å². The summed E-state index contributed by atoms with van der Waals surface area (Å²) in [6.45, 7) is 4.84. The number of hydrogen-bond acceptors (Lipinski definition) is 2. The normalized spacial score (nSPS) is 15.6. The molecule has 160 valence electrons. The zero-order valence-electron chi connectivity index (χ0n) is 17.7. The highest BCUT2D eigenvalue weighted by Gasteiger charge is 2.33. The van der Waals surface area contributed by atoms with Crippen LogP contribution in [-0.2, 0) is 4.79 Å². The van der Waals surface area contributed by atoms with Gasteiger partial charge in [-0.3, -0.25) is 4.79 Å². The van der Waals surface area contributed by atoms with E-state index in [1.54, 1.807) is 19.1 Å². The molecule has 1 amide bonds. The number of piperazine rings is 1. The first-order valence-electron chi connectivity index (χ1n) is 10.8. The Labute approximate surface area is 182 Å². The summed E-state index contributed by atoms with van der Waals surface area (Å²) in [5.41, 5.74) is 2.58. The highest BCUT2D eigenvalue weighted by molar-refractivity contribution is 5.81. The van der Waals surface area contributed by atoms with E-state index in [1.807, 2.05) is 17.0 Å². The van der Waals surface area contributed by atoms with Crippen LogP contribution in [0.5, 0.6) is 5.75 Å². The third kappa shape index (κ3) is 5.12. The lowest BCUT2D eigenvalue weighted by Crippen LogP contribution is -3.15. The van der Waals surface area contributed by atoms with Crippen molar-refractivity contribution >= 4 is 5.91 Å². The molecule has 0 aromatic heterocycles. The van der Waals surface area contributed by atoms with Gasteiger partial charge in [0.05, 0.1) is 26.2 Å². The molecule has 0 spiro atoms. The van der Waals surface area contributed by atoms with Crippen LogP contribution >= 0.6 is 0 Å². The third-order valence-corrected chi connectivity index (χ3v) is 5.87. The molecular weight excluding hydrogens is 391 g/mol. The van der Waals surface area contributed by atoms with Gasteiger partial charge in [0.15, 0.2) is 6.10 Å². The van der Waals surface area contributed by atoms with Crippen LogP contribution in [0.25, 0.3) is 0 Å². The lowest BCUT2D eigenvalue weighted by Gasteiger charge is -2.37. The number of benzene rings is 3. The maximum absolute atomic E-state index is 13.1. The summed E-state index contributed by atoms with van der Waals surface area (Å²) >= 11 is 0. The van der Waals surface area contributed by atoms with Crippen molar-refractivity contribution in [2.45, 2.75) is 19.1 Å². The van der Waals surface area contributed by atoms with E-state index in [9.17, 15) is 9.18 Å². The van der Waals surface area contributed by atoms with Crippen LogP contribution in [-0.4, -0.2) is 43.1 Å². The minimum atomic E-state index is -0.606. The van der Waals surface area contributed by atoms with Crippen LogP contribution < -0.4 is 9.64 Å².